The first kappa shape index (κ1) is 19.4. The van der Waals surface area contributed by atoms with E-state index in [0.717, 1.165) is 50.6 Å². The molecule has 1 aromatic rings. The topological polar surface area (TPSA) is 81.9 Å². The van der Waals surface area contributed by atoms with Crippen molar-refractivity contribution in [3.8, 4) is 0 Å². The molecule has 0 radical (unpaired) electrons. The number of aryl methyl sites for hydroxylation is 1. The van der Waals surface area contributed by atoms with Crippen molar-refractivity contribution < 1.29 is 14.1 Å². The van der Waals surface area contributed by atoms with Gasteiger partial charge in [-0.15, -0.1) is 0 Å². The molecule has 0 spiro atoms. The molecule has 1 aliphatic rings. The highest BCUT2D eigenvalue weighted by Gasteiger charge is 2.22. The molecular formula is C17H29N5O3. The second kappa shape index (κ2) is 9.53. The van der Waals surface area contributed by atoms with Crippen LogP contribution in [0, 0.1) is 6.92 Å². The summed E-state index contributed by atoms with van der Waals surface area (Å²) in [5.74, 6) is 0.746. The maximum absolute atomic E-state index is 12.3. The summed E-state index contributed by atoms with van der Waals surface area (Å²) < 4.78 is 5.25. The van der Waals surface area contributed by atoms with E-state index in [1.54, 1.807) is 7.05 Å². The van der Waals surface area contributed by atoms with Gasteiger partial charge in [-0.05, 0) is 13.3 Å². The number of carbonyl (C=O) groups is 2. The van der Waals surface area contributed by atoms with Crippen molar-refractivity contribution in [2.24, 2.45) is 0 Å². The van der Waals surface area contributed by atoms with Gasteiger partial charge in [-0.1, -0.05) is 12.1 Å². The predicted molar refractivity (Wildman–Crippen MR) is 93.9 cm³/mol. The Kier molecular flexibility index (Phi) is 7.39. The van der Waals surface area contributed by atoms with Crippen molar-refractivity contribution >= 4 is 11.8 Å². The van der Waals surface area contributed by atoms with E-state index >= 15 is 0 Å². The molecular weight excluding hydrogens is 322 g/mol. The summed E-state index contributed by atoms with van der Waals surface area (Å²) in [6, 6.07) is 1.95. The van der Waals surface area contributed by atoms with Crippen LogP contribution in [-0.2, 0) is 16.1 Å². The van der Waals surface area contributed by atoms with Gasteiger partial charge in [0.25, 0.3) is 0 Å². The highest BCUT2D eigenvalue weighted by atomic mass is 16.5. The molecule has 1 aliphatic heterocycles. The molecule has 0 bridgehead atoms. The quantitative estimate of drug-likeness (QED) is 0.715. The van der Waals surface area contributed by atoms with Crippen molar-refractivity contribution in [1.29, 1.82) is 0 Å². The molecule has 140 valence electrons. The van der Waals surface area contributed by atoms with Gasteiger partial charge in [0.2, 0.25) is 11.8 Å². The van der Waals surface area contributed by atoms with Gasteiger partial charge >= 0.3 is 0 Å². The van der Waals surface area contributed by atoms with E-state index in [2.05, 4.69) is 20.3 Å². The Bertz CT molecular complexity index is 566. The van der Waals surface area contributed by atoms with Crippen LogP contribution in [-0.4, -0.2) is 84.5 Å². The number of rotatable bonds is 8. The summed E-state index contributed by atoms with van der Waals surface area (Å²) >= 11 is 0. The highest BCUT2D eigenvalue weighted by molar-refractivity contribution is 5.85. The highest BCUT2D eigenvalue weighted by Crippen LogP contribution is 2.09. The zero-order valence-electron chi connectivity index (χ0n) is 15.5. The summed E-state index contributed by atoms with van der Waals surface area (Å²) in [4.78, 5) is 29.9. The first-order chi connectivity index (χ1) is 12.0. The van der Waals surface area contributed by atoms with Crippen molar-refractivity contribution in [3.63, 3.8) is 0 Å². The third-order valence-electron chi connectivity index (χ3n) is 4.26. The predicted octanol–water partition coefficient (Wildman–Crippen LogP) is 0.0852. The lowest BCUT2D eigenvalue weighted by Gasteiger charge is -2.34. The van der Waals surface area contributed by atoms with Crippen molar-refractivity contribution in [2.75, 3.05) is 52.9 Å². The van der Waals surface area contributed by atoms with Gasteiger partial charge in [-0.25, -0.2) is 0 Å². The molecule has 2 amide bonds. The van der Waals surface area contributed by atoms with Gasteiger partial charge in [0.05, 0.1) is 25.3 Å². The Morgan fingerprint density at radius 3 is 2.56 bits per heavy atom. The van der Waals surface area contributed by atoms with Crippen molar-refractivity contribution in [1.82, 2.24) is 25.2 Å². The van der Waals surface area contributed by atoms with E-state index in [9.17, 15) is 9.59 Å². The molecule has 25 heavy (non-hydrogen) atoms. The summed E-state index contributed by atoms with van der Waals surface area (Å²) in [5.41, 5.74) is 0.894. The zero-order chi connectivity index (χ0) is 18.2. The Morgan fingerprint density at radius 2 is 1.96 bits per heavy atom. The van der Waals surface area contributed by atoms with Gasteiger partial charge in [0.1, 0.15) is 0 Å². The fourth-order valence-corrected chi connectivity index (χ4v) is 2.75. The van der Waals surface area contributed by atoms with Crippen molar-refractivity contribution in [3.05, 3.63) is 17.5 Å². The largest absolute Gasteiger partial charge is 0.360 e. The lowest BCUT2D eigenvalue weighted by atomic mass is 10.2. The standard InChI is InChI=1S/C17H29N5O3/c1-4-5-18-16(23)12-20(3)17(24)13-22-8-6-21(7-9-22)11-15-10-14(2)19-25-15/h10H,4-9,11-13H2,1-3H3,(H,18,23). The van der Waals surface area contributed by atoms with Crippen LogP contribution in [0.1, 0.15) is 24.8 Å². The molecule has 2 rings (SSSR count). The molecule has 0 unspecified atom stereocenters. The molecule has 0 aliphatic carbocycles. The van der Waals surface area contributed by atoms with Crippen molar-refractivity contribution in [2.45, 2.75) is 26.8 Å². The fraction of sp³-hybridized carbons (Fsp3) is 0.706. The number of piperazine rings is 1. The number of carbonyl (C=O) groups excluding carboxylic acids is 2. The SMILES string of the molecule is CCCNC(=O)CN(C)C(=O)CN1CCN(Cc2cc(C)no2)CC1. The monoisotopic (exact) mass is 351 g/mol. The van der Waals surface area contributed by atoms with Crippen LogP contribution in [0.15, 0.2) is 10.6 Å². The molecule has 0 saturated carbocycles. The Morgan fingerprint density at radius 1 is 1.28 bits per heavy atom. The first-order valence-electron chi connectivity index (χ1n) is 8.85. The number of nitrogens with one attached hydrogen (secondary N) is 1. The molecule has 0 atom stereocenters. The molecule has 8 nitrogen and oxygen atoms in total. The van der Waals surface area contributed by atoms with Gasteiger partial charge in [-0.3, -0.25) is 19.4 Å². The van der Waals surface area contributed by atoms with Crippen LogP contribution in [0.2, 0.25) is 0 Å². The molecule has 1 fully saturated rings. The minimum Gasteiger partial charge on any atom is -0.360 e. The lowest BCUT2D eigenvalue weighted by molar-refractivity contribution is -0.136. The summed E-state index contributed by atoms with van der Waals surface area (Å²) in [6.07, 6.45) is 0.890. The molecule has 1 aromatic heterocycles. The molecule has 2 heterocycles. The third kappa shape index (κ3) is 6.47. The van der Waals surface area contributed by atoms with E-state index in [1.807, 2.05) is 19.9 Å². The first-order valence-corrected chi connectivity index (χ1v) is 8.85. The average Bonchev–Trinajstić information content (AvgIpc) is 2.99. The van der Waals surface area contributed by atoms with Crippen LogP contribution >= 0.6 is 0 Å². The van der Waals surface area contributed by atoms with E-state index in [1.165, 1.54) is 4.90 Å². The second-order valence-corrected chi connectivity index (χ2v) is 6.59. The molecule has 1 N–H and O–H groups in total. The fourth-order valence-electron chi connectivity index (χ4n) is 2.75. The molecule has 8 heteroatoms. The lowest BCUT2D eigenvalue weighted by Crippen LogP contribution is -2.50. The van der Waals surface area contributed by atoms with Crippen LogP contribution in [0.3, 0.4) is 0 Å². The van der Waals surface area contributed by atoms with E-state index in [0.29, 0.717) is 13.1 Å². The number of aromatic nitrogens is 1. The number of amides is 2. The maximum Gasteiger partial charge on any atom is 0.239 e. The maximum atomic E-state index is 12.3. The van der Waals surface area contributed by atoms with Gasteiger partial charge in [0.15, 0.2) is 5.76 Å². The normalized spacial score (nSPS) is 16.0. The minimum absolute atomic E-state index is 0.0223. The summed E-state index contributed by atoms with van der Waals surface area (Å²) in [6.45, 7) is 9.20. The van der Waals surface area contributed by atoms with Crippen LogP contribution in [0.25, 0.3) is 0 Å². The Labute approximate surface area is 149 Å². The number of likely N-dealkylation sites (N-methyl/N-ethyl adjacent to an activating group) is 1. The van der Waals surface area contributed by atoms with E-state index < -0.39 is 0 Å². The Balaban J connectivity index is 1.68. The summed E-state index contributed by atoms with van der Waals surface area (Å²) in [7, 11) is 1.68. The van der Waals surface area contributed by atoms with Crippen LogP contribution in [0.5, 0.6) is 0 Å². The van der Waals surface area contributed by atoms with Crippen LogP contribution < -0.4 is 5.32 Å². The third-order valence-corrected chi connectivity index (χ3v) is 4.26. The van der Waals surface area contributed by atoms with Crippen LogP contribution in [0.4, 0.5) is 0 Å². The summed E-state index contributed by atoms with van der Waals surface area (Å²) in [5, 5.41) is 6.69. The van der Waals surface area contributed by atoms with E-state index in [4.69, 9.17) is 4.52 Å². The van der Waals surface area contributed by atoms with Gasteiger partial charge in [-0.2, -0.15) is 0 Å². The molecule has 0 aromatic carbocycles. The van der Waals surface area contributed by atoms with Gasteiger partial charge < -0.3 is 14.7 Å². The zero-order valence-corrected chi connectivity index (χ0v) is 15.5. The van der Waals surface area contributed by atoms with E-state index in [-0.39, 0.29) is 18.4 Å². The average molecular weight is 351 g/mol. The number of hydrogen-bond donors (Lipinski definition) is 1. The number of hydrogen-bond acceptors (Lipinski definition) is 6. The minimum atomic E-state index is -0.107. The molecule has 1 saturated heterocycles. The number of nitrogens with zero attached hydrogens (tertiary/aromatic N) is 4. The van der Waals surface area contributed by atoms with Gasteiger partial charge in [0, 0.05) is 45.8 Å². The smallest absolute Gasteiger partial charge is 0.239 e. The second-order valence-electron chi connectivity index (χ2n) is 6.59. The Hall–Kier alpha value is -1.93.